The van der Waals surface area contributed by atoms with Crippen LogP contribution in [0.5, 0.6) is 11.5 Å². The van der Waals surface area contributed by atoms with Crippen molar-refractivity contribution in [3.63, 3.8) is 0 Å². The molecule has 0 aliphatic rings. The number of aromatic nitrogens is 1. The van der Waals surface area contributed by atoms with Crippen LogP contribution in [0.4, 0.5) is 0 Å². The van der Waals surface area contributed by atoms with Gasteiger partial charge in [0, 0.05) is 18.6 Å². The molecule has 134 valence electrons. The molecule has 0 aliphatic heterocycles. The highest BCUT2D eigenvalue weighted by molar-refractivity contribution is 7.85. The van der Waals surface area contributed by atoms with Crippen LogP contribution in [-0.2, 0) is 16.7 Å². The second-order valence-electron chi connectivity index (χ2n) is 5.46. The molecule has 0 radical (unpaired) electrons. The Bertz CT molecular complexity index is 829. The van der Waals surface area contributed by atoms with Crippen LogP contribution in [0.1, 0.15) is 17.5 Å². The number of hydrogen-bond acceptors (Lipinski definition) is 4. The largest absolute Gasteiger partial charge is 0.493 e. The predicted octanol–water partition coefficient (Wildman–Crippen LogP) is 2.44. The molecular formula is C18H22NO5S+. The van der Waals surface area contributed by atoms with Crippen LogP contribution in [0, 0.1) is 0 Å². The molecule has 0 bridgehead atoms. The molecule has 1 N–H and O–H groups in total. The second-order valence-corrected chi connectivity index (χ2v) is 7.03. The second kappa shape index (κ2) is 8.64. The Labute approximate surface area is 148 Å². The maximum atomic E-state index is 10.7. The Kier molecular flexibility index (Phi) is 6.55. The maximum absolute atomic E-state index is 10.7. The van der Waals surface area contributed by atoms with E-state index in [2.05, 4.69) is 0 Å². The van der Waals surface area contributed by atoms with E-state index >= 15 is 0 Å². The molecule has 6 nitrogen and oxygen atoms in total. The Balaban J connectivity index is 1.99. The van der Waals surface area contributed by atoms with Gasteiger partial charge in [-0.15, -0.1) is 0 Å². The van der Waals surface area contributed by atoms with Gasteiger partial charge in [-0.05, 0) is 23.3 Å². The van der Waals surface area contributed by atoms with Crippen molar-refractivity contribution in [1.29, 1.82) is 0 Å². The van der Waals surface area contributed by atoms with Gasteiger partial charge in [0.2, 0.25) is 0 Å². The molecule has 0 unspecified atom stereocenters. The van der Waals surface area contributed by atoms with Crippen molar-refractivity contribution >= 4 is 22.3 Å². The van der Waals surface area contributed by atoms with Gasteiger partial charge >= 0.3 is 0 Å². The topological polar surface area (TPSA) is 76.7 Å². The molecule has 0 aliphatic carbocycles. The zero-order valence-electron chi connectivity index (χ0n) is 14.3. The van der Waals surface area contributed by atoms with Crippen molar-refractivity contribution in [2.75, 3.05) is 20.0 Å². The van der Waals surface area contributed by atoms with Crippen LogP contribution in [0.3, 0.4) is 0 Å². The highest BCUT2D eigenvalue weighted by Crippen LogP contribution is 2.28. The predicted molar refractivity (Wildman–Crippen MR) is 96.1 cm³/mol. The third-order valence-electron chi connectivity index (χ3n) is 3.61. The highest BCUT2D eigenvalue weighted by atomic mass is 32.2. The number of hydrogen-bond donors (Lipinski definition) is 1. The summed E-state index contributed by atoms with van der Waals surface area (Å²) in [6.45, 7) is 0.527. The van der Waals surface area contributed by atoms with E-state index in [0.717, 1.165) is 11.1 Å². The summed E-state index contributed by atoms with van der Waals surface area (Å²) in [6, 6.07) is 9.56. The number of nitrogens with zero attached hydrogens (tertiary/aromatic N) is 1. The minimum absolute atomic E-state index is 0.235. The van der Waals surface area contributed by atoms with E-state index in [1.165, 1.54) is 0 Å². The minimum Gasteiger partial charge on any atom is -0.493 e. The van der Waals surface area contributed by atoms with Gasteiger partial charge in [0.15, 0.2) is 23.9 Å². The van der Waals surface area contributed by atoms with E-state index < -0.39 is 10.1 Å². The first-order chi connectivity index (χ1) is 11.9. The summed E-state index contributed by atoms with van der Waals surface area (Å²) in [5.41, 5.74) is 2.00. The van der Waals surface area contributed by atoms with Crippen molar-refractivity contribution in [1.82, 2.24) is 0 Å². The highest BCUT2D eigenvalue weighted by Gasteiger charge is 2.07. The van der Waals surface area contributed by atoms with E-state index in [4.69, 9.17) is 14.0 Å². The SMILES string of the molecule is COc1ccc(/C=C/c2cc[n+](CCCS(=O)(=O)O)cc2)cc1OC. The molecule has 1 aromatic carbocycles. The Morgan fingerprint density at radius 1 is 1.00 bits per heavy atom. The van der Waals surface area contributed by atoms with E-state index in [-0.39, 0.29) is 5.75 Å². The van der Waals surface area contributed by atoms with Gasteiger partial charge < -0.3 is 9.47 Å². The fourth-order valence-electron chi connectivity index (χ4n) is 2.31. The zero-order chi connectivity index (χ0) is 18.3. The summed E-state index contributed by atoms with van der Waals surface area (Å²) in [6.07, 6.45) is 8.06. The average molecular weight is 364 g/mol. The lowest BCUT2D eigenvalue weighted by Gasteiger charge is -2.07. The van der Waals surface area contributed by atoms with Gasteiger partial charge in [-0.25, -0.2) is 4.57 Å². The lowest BCUT2D eigenvalue weighted by Crippen LogP contribution is -2.33. The molecule has 0 spiro atoms. The molecule has 0 saturated carbocycles. The monoisotopic (exact) mass is 364 g/mol. The van der Waals surface area contributed by atoms with Crippen LogP contribution in [0.2, 0.25) is 0 Å². The minimum atomic E-state index is -3.90. The fraction of sp³-hybridized carbons (Fsp3) is 0.278. The first-order valence-corrected chi connectivity index (χ1v) is 9.36. The lowest BCUT2D eigenvalue weighted by atomic mass is 10.1. The molecule has 0 fully saturated rings. The van der Waals surface area contributed by atoms with Crippen LogP contribution in [0.15, 0.2) is 42.7 Å². The summed E-state index contributed by atoms with van der Waals surface area (Å²) in [7, 11) is -0.696. The third kappa shape index (κ3) is 6.21. The first-order valence-electron chi connectivity index (χ1n) is 7.75. The fourth-order valence-corrected chi connectivity index (χ4v) is 2.80. The van der Waals surface area contributed by atoms with Crippen LogP contribution >= 0.6 is 0 Å². The number of benzene rings is 1. The van der Waals surface area contributed by atoms with Gasteiger partial charge in [-0.1, -0.05) is 18.2 Å². The van der Waals surface area contributed by atoms with Gasteiger partial charge in [-0.2, -0.15) is 8.42 Å². The Morgan fingerprint density at radius 3 is 2.24 bits per heavy atom. The molecular weight excluding hydrogens is 342 g/mol. The molecule has 2 rings (SSSR count). The molecule has 0 atom stereocenters. The van der Waals surface area contributed by atoms with Crippen LogP contribution < -0.4 is 14.0 Å². The Morgan fingerprint density at radius 2 is 1.64 bits per heavy atom. The van der Waals surface area contributed by atoms with Crippen molar-refractivity contribution in [3.8, 4) is 11.5 Å². The van der Waals surface area contributed by atoms with Crippen LogP contribution in [-0.4, -0.2) is 32.9 Å². The molecule has 1 aromatic heterocycles. The Hall–Kier alpha value is -2.38. The zero-order valence-corrected chi connectivity index (χ0v) is 15.1. The molecule has 0 saturated heterocycles. The number of methoxy groups -OCH3 is 2. The van der Waals surface area contributed by atoms with E-state index in [0.29, 0.717) is 24.5 Å². The first kappa shape index (κ1) is 19.0. The van der Waals surface area contributed by atoms with E-state index in [1.807, 2.05) is 59.4 Å². The molecule has 2 aromatic rings. The quantitative estimate of drug-likeness (QED) is 0.575. The maximum Gasteiger partial charge on any atom is 0.265 e. The van der Waals surface area contributed by atoms with Crippen molar-refractivity contribution in [3.05, 3.63) is 53.9 Å². The summed E-state index contributed by atoms with van der Waals surface area (Å²) in [5.74, 6) is 1.13. The smallest absolute Gasteiger partial charge is 0.265 e. The van der Waals surface area contributed by atoms with Gasteiger partial charge in [0.05, 0.1) is 20.0 Å². The number of pyridine rings is 1. The molecule has 25 heavy (non-hydrogen) atoms. The molecule has 0 amide bonds. The van der Waals surface area contributed by atoms with Gasteiger partial charge in [0.1, 0.15) is 6.54 Å². The van der Waals surface area contributed by atoms with Crippen molar-refractivity contribution in [2.45, 2.75) is 13.0 Å². The van der Waals surface area contributed by atoms with Crippen LogP contribution in [0.25, 0.3) is 12.2 Å². The molecule has 7 heteroatoms. The van der Waals surface area contributed by atoms with E-state index in [1.54, 1.807) is 14.2 Å². The normalized spacial score (nSPS) is 11.6. The number of ether oxygens (including phenoxy) is 2. The summed E-state index contributed by atoms with van der Waals surface area (Å²) in [5, 5.41) is 0. The molecule has 1 heterocycles. The van der Waals surface area contributed by atoms with E-state index in [9.17, 15) is 8.42 Å². The standard InChI is InChI=1S/C18H21NO5S/c1-23-17-7-6-16(14-18(17)24-2)5-4-15-8-11-19(12-9-15)10-3-13-25(20,21)22/h4-9,11-12,14H,3,10,13H2,1-2H3/p+1/b5-4+. The summed E-state index contributed by atoms with van der Waals surface area (Å²) < 4.78 is 42.5. The third-order valence-corrected chi connectivity index (χ3v) is 4.42. The number of aryl methyl sites for hydroxylation is 1. The average Bonchev–Trinajstić information content (AvgIpc) is 2.59. The summed E-state index contributed by atoms with van der Waals surface area (Å²) in [4.78, 5) is 0. The van der Waals surface area contributed by atoms with Gasteiger partial charge in [0.25, 0.3) is 10.1 Å². The van der Waals surface area contributed by atoms with Gasteiger partial charge in [-0.3, -0.25) is 4.55 Å². The summed E-state index contributed by atoms with van der Waals surface area (Å²) >= 11 is 0. The number of rotatable bonds is 8. The van der Waals surface area contributed by atoms with Crippen molar-refractivity contribution < 1.29 is 27.0 Å². The lowest BCUT2D eigenvalue weighted by molar-refractivity contribution is -0.696. The van der Waals surface area contributed by atoms with Crippen molar-refractivity contribution in [2.24, 2.45) is 0 Å².